The Kier molecular flexibility index (Phi) is 10.7. The van der Waals surface area contributed by atoms with Crippen LogP contribution in [0.2, 0.25) is 0 Å². The van der Waals surface area contributed by atoms with Crippen LogP contribution in [0.25, 0.3) is 0 Å². The van der Waals surface area contributed by atoms with Gasteiger partial charge in [0.1, 0.15) is 0 Å². The highest BCUT2D eigenvalue weighted by atomic mass is 32.2. The lowest BCUT2D eigenvalue weighted by Crippen LogP contribution is -2.33. The third-order valence-electron chi connectivity index (χ3n) is 2.93. The third-order valence-corrected chi connectivity index (χ3v) is 3.92. The third kappa shape index (κ3) is 8.59. The van der Waals surface area contributed by atoms with Crippen molar-refractivity contribution in [1.82, 2.24) is 4.90 Å². The highest BCUT2D eigenvalue weighted by Gasteiger charge is 2.05. The number of nitrogens with zero attached hydrogens (tertiary/aromatic N) is 1. The zero-order valence-electron chi connectivity index (χ0n) is 12.7. The Morgan fingerprint density at radius 2 is 1.50 bits per heavy atom. The first kappa shape index (κ1) is 17.5. The fraction of sp³-hybridized carbons (Fsp3) is 0.625. The molecular formula is C16H27NO2S. The van der Waals surface area contributed by atoms with Crippen molar-refractivity contribution in [2.45, 2.75) is 18.7 Å². The summed E-state index contributed by atoms with van der Waals surface area (Å²) in [5.74, 6) is 1.10. The van der Waals surface area contributed by atoms with Gasteiger partial charge in [-0.25, -0.2) is 0 Å². The summed E-state index contributed by atoms with van der Waals surface area (Å²) in [6, 6.07) is 10.6. The van der Waals surface area contributed by atoms with Crippen LogP contribution < -0.4 is 0 Å². The van der Waals surface area contributed by atoms with E-state index in [4.69, 9.17) is 9.47 Å². The van der Waals surface area contributed by atoms with Gasteiger partial charge in [-0.1, -0.05) is 18.2 Å². The van der Waals surface area contributed by atoms with E-state index in [2.05, 4.69) is 35.2 Å². The number of thioether (sulfide) groups is 1. The lowest BCUT2D eigenvalue weighted by atomic mass is 10.4. The van der Waals surface area contributed by atoms with E-state index in [1.54, 1.807) is 0 Å². The molecule has 114 valence electrons. The Morgan fingerprint density at radius 3 is 2.05 bits per heavy atom. The lowest BCUT2D eigenvalue weighted by molar-refractivity contribution is 0.0856. The largest absolute Gasteiger partial charge is 0.380 e. The van der Waals surface area contributed by atoms with E-state index in [1.165, 1.54) is 4.90 Å². The molecule has 0 unspecified atom stereocenters. The van der Waals surface area contributed by atoms with E-state index < -0.39 is 0 Å². The molecule has 1 aromatic rings. The van der Waals surface area contributed by atoms with Crippen LogP contribution in [0.15, 0.2) is 35.2 Å². The lowest BCUT2D eigenvalue weighted by Gasteiger charge is -2.21. The van der Waals surface area contributed by atoms with Gasteiger partial charge in [0.15, 0.2) is 0 Å². The maximum atomic E-state index is 5.45. The monoisotopic (exact) mass is 297 g/mol. The van der Waals surface area contributed by atoms with Crippen LogP contribution in [-0.4, -0.2) is 56.7 Å². The SMILES string of the molecule is CCOCCN(CCOCC)CCSc1ccccc1. The van der Waals surface area contributed by atoms with Crippen LogP contribution in [0.1, 0.15) is 13.8 Å². The Morgan fingerprint density at radius 1 is 0.900 bits per heavy atom. The molecule has 0 amide bonds. The summed E-state index contributed by atoms with van der Waals surface area (Å²) in [5.41, 5.74) is 0. The minimum atomic E-state index is 0.790. The molecule has 0 aliphatic carbocycles. The van der Waals surface area contributed by atoms with Crippen LogP contribution >= 0.6 is 11.8 Å². The summed E-state index contributed by atoms with van der Waals surface area (Å²) < 4.78 is 10.9. The van der Waals surface area contributed by atoms with Crippen molar-refractivity contribution in [2.24, 2.45) is 0 Å². The van der Waals surface area contributed by atoms with Crippen LogP contribution in [-0.2, 0) is 9.47 Å². The first-order valence-corrected chi connectivity index (χ1v) is 8.41. The average Bonchev–Trinajstić information content (AvgIpc) is 2.48. The standard InChI is InChI=1S/C16H27NO2S/c1-3-18-13-10-17(11-14-19-4-2)12-15-20-16-8-6-5-7-9-16/h5-9H,3-4,10-15H2,1-2H3. The van der Waals surface area contributed by atoms with Gasteiger partial charge in [0.05, 0.1) is 13.2 Å². The van der Waals surface area contributed by atoms with Crippen molar-refractivity contribution in [2.75, 3.05) is 51.8 Å². The van der Waals surface area contributed by atoms with Crippen LogP contribution in [0.4, 0.5) is 0 Å². The fourth-order valence-corrected chi connectivity index (χ4v) is 2.76. The summed E-state index contributed by atoms with van der Waals surface area (Å²) in [6.45, 7) is 10.3. The minimum absolute atomic E-state index is 0.790. The van der Waals surface area contributed by atoms with Gasteiger partial charge in [-0.15, -0.1) is 11.8 Å². The Hall–Kier alpha value is -0.550. The summed E-state index contributed by atoms with van der Waals surface area (Å²) in [7, 11) is 0. The van der Waals surface area contributed by atoms with Gasteiger partial charge in [0.2, 0.25) is 0 Å². The normalized spacial score (nSPS) is 11.2. The first-order chi connectivity index (χ1) is 9.86. The topological polar surface area (TPSA) is 21.7 Å². The first-order valence-electron chi connectivity index (χ1n) is 7.42. The van der Waals surface area contributed by atoms with Gasteiger partial charge in [0, 0.05) is 43.5 Å². The smallest absolute Gasteiger partial charge is 0.0593 e. The van der Waals surface area contributed by atoms with Gasteiger partial charge >= 0.3 is 0 Å². The molecule has 0 N–H and O–H groups in total. The molecule has 0 atom stereocenters. The second-order valence-electron chi connectivity index (χ2n) is 4.40. The molecule has 20 heavy (non-hydrogen) atoms. The van der Waals surface area contributed by atoms with Crippen molar-refractivity contribution in [3.63, 3.8) is 0 Å². The Balaban J connectivity index is 2.23. The second-order valence-corrected chi connectivity index (χ2v) is 5.57. The molecule has 0 saturated carbocycles. The van der Waals surface area contributed by atoms with E-state index in [0.717, 1.165) is 51.8 Å². The highest BCUT2D eigenvalue weighted by molar-refractivity contribution is 7.99. The predicted octanol–water partition coefficient (Wildman–Crippen LogP) is 3.15. The van der Waals surface area contributed by atoms with Crippen molar-refractivity contribution in [1.29, 1.82) is 0 Å². The predicted molar refractivity (Wildman–Crippen MR) is 86.6 cm³/mol. The van der Waals surface area contributed by atoms with E-state index in [0.29, 0.717) is 0 Å². The molecule has 0 spiro atoms. The summed E-state index contributed by atoms with van der Waals surface area (Å²) >= 11 is 1.90. The zero-order valence-corrected chi connectivity index (χ0v) is 13.5. The number of ether oxygens (including phenoxy) is 2. The molecule has 0 fully saturated rings. The number of hydrogen-bond acceptors (Lipinski definition) is 4. The number of hydrogen-bond donors (Lipinski definition) is 0. The molecule has 0 saturated heterocycles. The molecule has 0 radical (unpaired) electrons. The Labute approximate surface area is 127 Å². The van der Waals surface area contributed by atoms with Gasteiger partial charge in [-0.05, 0) is 26.0 Å². The van der Waals surface area contributed by atoms with Gasteiger partial charge in [-0.3, -0.25) is 4.90 Å². The van der Waals surface area contributed by atoms with E-state index in [1.807, 2.05) is 25.6 Å². The van der Waals surface area contributed by atoms with E-state index in [-0.39, 0.29) is 0 Å². The molecule has 0 aromatic heterocycles. The van der Waals surface area contributed by atoms with Crippen LogP contribution in [0.5, 0.6) is 0 Å². The van der Waals surface area contributed by atoms with Crippen molar-refractivity contribution in [3.05, 3.63) is 30.3 Å². The molecule has 0 bridgehead atoms. The van der Waals surface area contributed by atoms with Crippen molar-refractivity contribution >= 4 is 11.8 Å². The highest BCUT2D eigenvalue weighted by Crippen LogP contribution is 2.16. The summed E-state index contributed by atoms with van der Waals surface area (Å²) in [4.78, 5) is 3.75. The maximum absolute atomic E-state index is 5.45. The summed E-state index contributed by atoms with van der Waals surface area (Å²) in [5, 5.41) is 0. The minimum Gasteiger partial charge on any atom is -0.380 e. The summed E-state index contributed by atoms with van der Waals surface area (Å²) in [6.07, 6.45) is 0. The molecule has 1 rings (SSSR count). The van der Waals surface area contributed by atoms with Gasteiger partial charge < -0.3 is 9.47 Å². The molecule has 0 aliphatic rings. The van der Waals surface area contributed by atoms with Gasteiger partial charge in [-0.2, -0.15) is 0 Å². The molecular weight excluding hydrogens is 270 g/mol. The van der Waals surface area contributed by atoms with Crippen LogP contribution in [0, 0.1) is 0 Å². The zero-order chi connectivity index (χ0) is 14.5. The molecule has 4 heteroatoms. The maximum Gasteiger partial charge on any atom is 0.0593 e. The molecule has 1 aromatic carbocycles. The quantitative estimate of drug-likeness (QED) is 0.436. The average molecular weight is 297 g/mol. The second kappa shape index (κ2) is 12.2. The van der Waals surface area contributed by atoms with Crippen molar-refractivity contribution in [3.8, 4) is 0 Å². The molecule has 0 aliphatic heterocycles. The van der Waals surface area contributed by atoms with Crippen molar-refractivity contribution < 1.29 is 9.47 Å². The molecule has 3 nitrogen and oxygen atoms in total. The van der Waals surface area contributed by atoms with E-state index >= 15 is 0 Å². The fourth-order valence-electron chi connectivity index (χ4n) is 1.82. The van der Waals surface area contributed by atoms with Gasteiger partial charge in [0.25, 0.3) is 0 Å². The number of rotatable bonds is 12. The van der Waals surface area contributed by atoms with Crippen LogP contribution in [0.3, 0.4) is 0 Å². The van der Waals surface area contributed by atoms with E-state index in [9.17, 15) is 0 Å². The number of benzene rings is 1. The Bertz CT molecular complexity index is 312. The molecule has 0 heterocycles.